The van der Waals surface area contributed by atoms with Gasteiger partial charge in [-0.15, -0.1) is 0 Å². The first-order chi connectivity index (χ1) is 3.41. The lowest BCUT2D eigenvalue weighted by molar-refractivity contribution is 0.708. The van der Waals surface area contributed by atoms with Crippen molar-refractivity contribution in [2.75, 3.05) is 5.33 Å². The molecule has 0 aromatic carbocycles. The Morgan fingerprint density at radius 2 is 1.86 bits per heavy atom. The highest BCUT2D eigenvalue weighted by atomic mass is 79.9. The van der Waals surface area contributed by atoms with Crippen molar-refractivity contribution in [3.8, 4) is 0 Å². The first kappa shape index (κ1) is 7.48. The van der Waals surface area contributed by atoms with Crippen molar-refractivity contribution in [2.24, 2.45) is 0 Å². The largest absolute Gasteiger partial charge is 0.0928 e. The number of halogens is 1. The molecule has 0 fully saturated rings. The number of alkyl halides is 1. The molecule has 44 valence electrons. The highest BCUT2D eigenvalue weighted by molar-refractivity contribution is 9.09. The standard InChI is InChI=1S/C6H13Br/c1-2-3-4-5-6-7/h2-6H2,1H3/i1+1,2+1,3+1,4+1,5+1,6+1. The SMILES string of the molecule is [13CH3][13CH2][13CH2][13CH2][13CH2][13CH2]Br. The van der Waals surface area contributed by atoms with Crippen LogP contribution in [0.5, 0.6) is 0 Å². The van der Waals surface area contributed by atoms with E-state index < -0.39 is 0 Å². The molecule has 0 amide bonds. The quantitative estimate of drug-likeness (QED) is 0.346. The van der Waals surface area contributed by atoms with Crippen molar-refractivity contribution in [3.63, 3.8) is 0 Å². The molecule has 0 aromatic rings. The summed E-state index contributed by atoms with van der Waals surface area (Å²) in [4.78, 5) is 0. The first-order valence-corrected chi connectivity index (χ1v) is 4.10. The van der Waals surface area contributed by atoms with Gasteiger partial charge < -0.3 is 0 Å². The number of hydrogen-bond donors (Lipinski definition) is 0. The average molecular weight is 171 g/mol. The van der Waals surface area contributed by atoms with Crippen molar-refractivity contribution in [1.82, 2.24) is 0 Å². The molecule has 0 nitrogen and oxygen atoms in total. The van der Waals surface area contributed by atoms with E-state index in [4.69, 9.17) is 0 Å². The summed E-state index contributed by atoms with van der Waals surface area (Å²) in [5, 5.41) is 1.17. The Bertz CT molecular complexity index is 23.4. The summed E-state index contributed by atoms with van der Waals surface area (Å²) in [5.41, 5.74) is 0. The molecule has 0 N–H and O–H groups in total. The Morgan fingerprint density at radius 1 is 1.14 bits per heavy atom. The Kier molecular flexibility index (Phi) is 6.92. The van der Waals surface area contributed by atoms with Crippen LogP contribution in [-0.4, -0.2) is 5.33 Å². The van der Waals surface area contributed by atoms with Gasteiger partial charge in [-0.05, 0) is 6.42 Å². The zero-order valence-corrected chi connectivity index (χ0v) is 6.50. The summed E-state index contributed by atoms with van der Waals surface area (Å²) in [6.45, 7) is 2.23. The van der Waals surface area contributed by atoms with E-state index in [-0.39, 0.29) is 0 Å². The van der Waals surface area contributed by atoms with Crippen LogP contribution in [0.25, 0.3) is 0 Å². The second kappa shape index (κ2) is 6.48. The predicted molar refractivity (Wildman–Crippen MR) is 37.9 cm³/mol. The molecule has 1 heteroatoms. The third-order valence-electron chi connectivity index (χ3n) is 0.987. The van der Waals surface area contributed by atoms with Gasteiger partial charge in [0.05, 0.1) is 0 Å². The molecule has 0 aromatic heterocycles. The third-order valence-corrected chi connectivity index (χ3v) is 1.55. The van der Waals surface area contributed by atoms with Gasteiger partial charge in [0, 0.05) is 5.33 Å². The normalized spacial score (nSPS) is 9.43. The van der Waals surface area contributed by atoms with E-state index in [9.17, 15) is 0 Å². The van der Waals surface area contributed by atoms with E-state index >= 15 is 0 Å². The molecule has 0 aliphatic heterocycles. The zero-order valence-electron chi connectivity index (χ0n) is 4.91. The summed E-state index contributed by atoms with van der Waals surface area (Å²) < 4.78 is 0. The van der Waals surface area contributed by atoms with Crippen LogP contribution in [0.4, 0.5) is 0 Å². The van der Waals surface area contributed by atoms with Crippen LogP contribution >= 0.6 is 15.9 Å². The van der Waals surface area contributed by atoms with E-state index in [2.05, 4.69) is 22.9 Å². The van der Waals surface area contributed by atoms with Crippen LogP contribution in [0.15, 0.2) is 0 Å². The van der Waals surface area contributed by atoms with Crippen LogP contribution in [0, 0.1) is 0 Å². The van der Waals surface area contributed by atoms with Crippen molar-refractivity contribution in [2.45, 2.75) is 32.6 Å². The monoisotopic (exact) mass is 170 g/mol. The van der Waals surface area contributed by atoms with Gasteiger partial charge in [-0.3, -0.25) is 0 Å². The van der Waals surface area contributed by atoms with Gasteiger partial charge >= 0.3 is 0 Å². The molecule has 0 saturated carbocycles. The fourth-order valence-electron chi connectivity index (χ4n) is 0.521. The fourth-order valence-corrected chi connectivity index (χ4v) is 0.918. The topological polar surface area (TPSA) is 0 Å². The van der Waals surface area contributed by atoms with E-state index in [0.717, 1.165) is 0 Å². The number of unbranched alkanes of at least 4 members (excludes halogenated alkanes) is 3. The van der Waals surface area contributed by atoms with Gasteiger partial charge in [0.1, 0.15) is 0 Å². The Hall–Kier alpha value is 0.480. The smallest absolute Gasteiger partial charge is 0.00313 e. The van der Waals surface area contributed by atoms with Crippen molar-refractivity contribution < 1.29 is 0 Å². The van der Waals surface area contributed by atoms with Crippen LogP contribution in [0.3, 0.4) is 0 Å². The van der Waals surface area contributed by atoms with Crippen molar-refractivity contribution in [3.05, 3.63) is 0 Å². The molecule has 0 aliphatic carbocycles. The maximum Gasteiger partial charge on any atom is 0.00313 e. The molecule has 0 radical (unpaired) electrons. The Balaban J connectivity index is 2.45. The Morgan fingerprint density at radius 3 is 2.29 bits per heavy atom. The lowest BCUT2D eigenvalue weighted by atomic mass is 11.2. The molecular weight excluding hydrogens is 158 g/mol. The van der Waals surface area contributed by atoms with E-state index in [1.54, 1.807) is 0 Å². The molecule has 0 aliphatic rings. The number of hydrogen-bond acceptors (Lipinski definition) is 0. The number of rotatable bonds is 4. The Labute approximate surface area is 54.4 Å². The molecule has 0 spiro atoms. The molecule has 7 heavy (non-hydrogen) atoms. The second-order valence-corrected chi connectivity index (χ2v) is 2.54. The van der Waals surface area contributed by atoms with Crippen LogP contribution in [0.2, 0.25) is 0 Å². The summed E-state index contributed by atoms with van der Waals surface area (Å²) in [7, 11) is 0. The minimum absolute atomic E-state index is 1.17. The van der Waals surface area contributed by atoms with Gasteiger partial charge in [-0.1, -0.05) is 42.1 Å². The molecular formula is C6H13Br. The van der Waals surface area contributed by atoms with Gasteiger partial charge in [0.25, 0.3) is 0 Å². The van der Waals surface area contributed by atoms with E-state index in [1.807, 2.05) is 0 Å². The summed E-state index contributed by atoms with van der Waals surface area (Å²) in [6, 6.07) is 0. The van der Waals surface area contributed by atoms with E-state index in [0.29, 0.717) is 0 Å². The predicted octanol–water partition coefficient (Wildman–Crippen LogP) is 2.96. The third kappa shape index (κ3) is 6.48. The maximum atomic E-state index is 3.38. The summed E-state index contributed by atoms with van der Waals surface area (Å²) in [5.74, 6) is 0. The summed E-state index contributed by atoms with van der Waals surface area (Å²) >= 11 is 3.38. The molecule has 0 bridgehead atoms. The van der Waals surface area contributed by atoms with Gasteiger partial charge in [-0.25, -0.2) is 0 Å². The molecule has 0 rings (SSSR count). The van der Waals surface area contributed by atoms with E-state index in [1.165, 1.54) is 31.0 Å². The average Bonchev–Trinajstić information content (AvgIpc) is 1.69. The van der Waals surface area contributed by atoms with Crippen LogP contribution < -0.4 is 0 Å². The highest BCUT2D eigenvalue weighted by Gasteiger charge is 1.81. The lowest BCUT2D eigenvalue weighted by Crippen LogP contribution is -1.73. The zero-order chi connectivity index (χ0) is 5.54. The highest BCUT2D eigenvalue weighted by Crippen LogP contribution is 1.99. The minimum atomic E-state index is 1.17. The van der Waals surface area contributed by atoms with Crippen LogP contribution in [-0.2, 0) is 0 Å². The lowest BCUT2D eigenvalue weighted by Gasteiger charge is -1.89. The fraction of sp³-hybridized carbons (Fsp3) is 1.00. The maximum absolute atomic E-state index is 3.38. The molecule has 0 saturated heterocycles. The van der Waals surface area contributed by atoms with Crippen molar-refractivity contribution >= 4 is 15.9 Å². The van der Waals surface area contributed by atoms with Crippen LogP contribution in [0.1, 0.15) is 32.6 Å². The molecule has 0 heterocycles. The van der Waals surface area contributed by atoms with Gasteiger partial charge in [0.2, 0.25) is 0 Å². The second-order valence-electron chi connectivity index (χ2n) is 1.75. The molecule has 0 atom stereocenters. The van der Waals surface area contributed by atoms with Gasteiger partial charge in [0.15, 0.2) is 0 Å². The summed E-state index contributed by atoms with van der Waals surface area (Å²) in [6.07, 6.45) is 5.47. The van der Waals surface area contributed by atoms with Gasteiger partial charge in [-0.2, -0.15) is 0 Å². The molecule has 0 unspecified atom stereocenters. The van der Waals surface area contributed by atoms with Crippen molar-refractivity contribution in [1.29, 1.82) is 0 Å². The first-order valence-electron chi connectivity index (χ1n) is 2.97. The minimum Gasteiger partial charge on any atom is -0.0928 e.